The summed E-state index contributed by atoms with van der Waals surface area (Å²) in [6, 6.07) is 8.69. The van der Waals surface area contributed by atoms with Crippen LogP contribution in [0.1, 0.15) is 24.0 Å². The van der Waals surface area contributed by atoms with Crippen LogP contribution in [0.25, 0.3) is 0 Å². The molecule has 2 aliphatic heterocycles. The van der Waals surface area contributed by atoms with Crippen LogP contribution >= 0.6 is 11.6 Å². The van der Waals surface area contributed by atoms with Crippen LogP contribution in [0.5, 0.6) is 11.5 Å². The lowest BCUT2D eigenvalue weighted by Gasteiger charge is -2.22. The van der Waals surface area contributed by atoms with Gasteiger partial charge in [-0.05, 0) is 61.7 Å². The number of hydrogen-bond donors (Lipinski definition) is 1. The highest BCUT2D eigenvalue weighted by molar-refractivity contribution is 7.89. The minimum Gasteiger partial charge on any atom is -0.454 e. The highest BCUT2D eigenvalue weighted by atomic mass is 35.5. The number of hydrazone groups is 1. The van der Waals surface area contributed by atoms with Crippen molar-refractivity contribution in [1.82, 2.24) is 9.73 Å². The van der Waals surface area contributed by atoms with Crippen LogP contribution in [0.3, 0.4) is 0 Å². The Morgan fingerprint density at radius 1 is 1.23 bits per heavy atom. The molecular formula is C20H20ClN3O5S. The van der Waals surface area contributed by atoms with Crippen molar-refractivity contribution >= 4 is 33.7 Å². The number of fused-ring (bicyclic) bond motifs is 1. The summed E-state index contributed by atoms with van der Waals surface area (Å²) in [5.41, 5.74) is 4.13. The molecule has 1 amide bonds. The first-order valence-electron chi connectivity index (χ1n) is 9.37. The quantitative estimate of drug-likeness (QED) is 0.559. The molecule has 10 heteroatoms. The third kappa shape index (κ3) is 4.00. The third-order valence-corrected chi connectivity index (χ3v) is 7.24. The van der Waals surface area contributed by atoms with Gasteiger partial charge < -0.3 is 9.47 Å². The second kappa shape index (κ2) is 8.25. The number of halogens is 1. The van der Waals surface area contributed by atoms with Gasteiger partial charge in [0, 0.05) is 17.1 Å². The summed E-state index contributed by atoms with van der Waals surface area (Å²) in [6.07, 6.45) is 2.52. The highest BCUT2D eigenvalue weighted by Gasteiger charge is 2.39. The molecule has 2 aliphatic rings. The SMILES string of the molecule is Cc1cc2c(cc1/C=N\NC(=O)[C@@H]1CCCN1S(=O)(=O)c1ccc(Cl)cc1)OCO2. The summed E-state index contributed by atoms with van der Waals surface area (Å²) in [4.78, 5) is 12.8. The van der Waals surface area contributed by atoms with E-state index in [4.69, 9.17) is 21.1 Å². The Balaban J connectivity index is 1.46. The van der Waals surface area contributed by atoms with E-state index in [9.17, 15) is 13.2 Å². The lowest BCUT2D eigenvalue weighted by Crippen LogP contribution is -2.44. The molecular weight excluding hydrogens is 430 g/mol. The van der Waals surface area contributed by atoms with Crippen LogP contribution in [0.2, 0.25) is 5.02 Å². The molecule has 0 radical (unpaired) electrons. The van der Waals surface area contributed by atoms with Gasteiger partial charge in [-0.1, -0.05) is 11.6 Å². The molecule has 2 heterocycles. The van der Waals surface area contributed by atoms with E-state index >= 15 is 0 Å². The number of aryl methyl sites for hydroxylation is 1. The standard InChI is InChI=1S/C20H20ClN3O5S/c1-13-9-18-19(29-12-28-18)10-14(13)11-22-23-20(25)17-3-2-8-24(17)30(26,27)16-6-4-15(21)5-7-16/h4-7,9-11,17H,2-3,8,12H2,1H3,(H,23,25)/b22-11-/t17-/m0/s1. The first kappa shape index (κ1) is 20.6. The molecule has 2 aromatic rings. The van der Waals surface area contributed by atoms with Gasteiger partial charge in [0.05, 0.1) is 11.1 Å². The molecule has 0 saturated carbocycles. The number of amides is 1. The number of hydrogen-bond acceptors (Lipinski definition) is 6. The number of ether oxygens (including phenoxy) is 2. The van der Waals surface area contributed by atoms with E-state index in [-0.39, 0.29) is 18.2 Å². The van der Waals surface area contributed by atoms with Crippen LogP contribution in [-0.4, -0.2) is 44.2 Å². The summed E-state index contributed by atoms with van der Waals surface area (Å²) < 4.78 is 37.8. The van der Waals surface area contributed by atoms with Crippen molar-refractivity contribution in [3.05, 3.63) is 52.5 Å². The van der Waals surface area contributed by atoms with E-state index in [1.807, 2.05) is 13.0 Å². The number of nitrogens with one attached hydrogen (secondary N) is 1. The summed E-state index contributed by atoms with van der Waals surface area (Å²) in [7, 11) is -3.81. The van der Waals surface area contributed by atoms with Crippen LogP contribution in [0.15, 0.2) is 46.4 Å². The van der Waals surface area contributed by atoms with Gasteiger partial charge >= 0.3 is 0 Å². The zero-order valence-corrected chi connectivity index (χ0v) is 17.7. The summed E-state index contributed by atoms with van der Waals surface area (Å²) >= 11 is 5.85. The third-order valence-electron chi connectivity index (χ3n) is 5.07. The fourth-order valence-electron chi connectivity index (χ4n) is 3.47. The molecule has 1 N–H and O–H groups in total. The minimum atomic E-state index is -3.81. The number of nitrogens with zero attached hydrogens (tertiary/aromatic N) is 2. The number of benzene rings is 2. The molecule has 0 spiro atoms. The molecule has 158 valence electrons. The fraction of sp³-hybridized carbons (Fsp3) is 0.300. The molecule has 1 atom stereocenters. The first-order chi connectivity index (χ1) is 14.4. The fourth-order valence-corrected chi connectivity index (χ4v) is 5.25. The molecule has 1 saturated heterocycles. The van der Waals surface area contributed by atoms with Crippen molar-refractivity contribution in [1.29, 1.82) is 0 Å². The molecule has 1 fully saturated rings. The van der Waals surface area contributed by atoms with Gasteiger partial charge in [0.25, 0.3) is 5.91 Å². The summed E-state index contributed by atoms with van der Waals surface area (Å²) in [5, 5.41) is 4.46. The molecule has 0 bridgehead atoms. The lowest BCUT2D eigenvalue weighted by atomic mass is 10.1. The average molecular weight is 450 g/mol. The summed E-state index contributed by atoms with van der Waals surface area (Å²) in [6.45, 7) is 2.34. The van der Waals surface area contributed by atoms with E-state index in [1.165, 1.54) is 34.8 Å². The van der Waals surface area contributed by atoms with Gasteiger partial charge in [0.1, 0.15) is 6.04 Å². The van der Waals surface area contributed by atoms with Gasteiger partial charge in [-0.2, -0.15) is 9.41 Å². The van der Waals surface area contributed by atoms with E-state index in [1.54, 1.807) is 6.07 Å². The maximum absolute atomic E-state index is 12.9. The maximum atomic E-state index is 12.9. The highest BCUT2D eigenvalue weighted by Crippen LogP contribution is 2.34. The monoisotopic (exact) mass is 449 g/mol. The molecule has 2 aromatic carbocycles. The molecule has 30 heavy (non-hydrogen) atoms. The van der Waals surface area contributed by atoms with Crippen molar-refractivity contribution in [2.24, 2.45) is 5.10 Å². The van der Waals surface area contributed by atoms with Crippen molar-refractivity contribution in [2.75, 3.05) is 13.3 Å². The molecule has 0 aromatic heterocycles. The number of sulfonamides is 1. The van der Waals surface area contributed by atoms with Crippen LogP contribution in [0, 0.1) is 6.92 Å². The Morgan fingerprint density at radius 3 is 2.67 bits per heavy atom. The topological polar surface area (TPSA) is 97.3 Å². The largest absolute Gasteiger partial charge is 0.454 e. The maximum Gasteiger partial charge on any atom is 0.258 e. The van der Waals surface area contributed by atoms with Crippen molar-refractivity contribution < 1.29 is 22.7 Å². The van der Waals surface area contributed by atoms with Gasteiger partial charge in [-0.15, -0.1) is 0 Å². The average Bonchev–Trinajstić information content (AvgIpc) is 3.38. The van der Waals surface area contributed by atoms with E-state index < -0.39 is 22.0 Å². The van der Waals surface area contributed by atoms with E-state index in [2.05, 4.69) is 10.5 Å². The molecule has 8 nitrogen and oxygen atoms in total. The predicted octanol–water partition coefficient (Wildman–Crippen LogP) is 2.68. The Morgan fingerprint density at radius 2 is 1.93 bits per heavy atom. The van der Waals surface area contributed by atoms with Crippen LogP contribution in [0.4, 0.5) is 0 Å². The second-order valence-corrected chi connectivity index (χ2v) is 9.35. The van der Waals surface area contributed by atoms with Crippen LogP contribution < -0.4 is 14.9 Å². The zero-order chi connectivity index (χ0) is 21.3. The predicted molar refractivity (Wildman–Crippen MR) is 111 cm³/mol. The Bertz CT molecular complexity index is 1100. The minimum absolute atomic E-state index is 0.103. The normalized spacial score (nSPS) is 18.8. The number of carbonyl (C=O) groups excluding carboxylic acids is 1. The van der Waals surface area contributed by atoms with Crippen LogP contribution in [-0.2, 0) is 14.8 Å². The van der Waals surface area contributed by atoms with Gasteiger partial charge in [0.2, 0.25) is 16.8 Å². The lowest BCUT2D eigenvalue weighted by molar-refractivity contribution is -0.124. The van der Waals surface area contributed by atoms with Crippen molar-refractivity contribution in [3.63, 3.8) is 0 Å². The molecule has 0 aliphatic carbocycles. The van der Waals surface area contributed by atoms with Gasteiger partial charge in [-0.3, -0.25) is 4.79 Å². The number of rotatable bonds is 5. The first-order valence-corrected chi connectivity index (χ1v) is 11.2. The summed E-state index contributed by atoms with van der Waals surface area (Å²) in [5.74, 6) is 0.812. The Hall–Kier alpha value is -2.62. The van der Waals surface area contributed by atoms with E-state index in [0.717, 1.165) is 11.1 Å². The Labute approximate surface area is 179 Å². The van der Waals surface area contributed by atoms with Crippen molar-refractivity contribution in [3.8, 4) is 11.5 Å². The zero-order valence-electron chi connectivity index (χ0n) is 16.2. The second-order valence-electron chi connectivity index (χ2n) is 7.02. The Kier molecular flexibility index (Phi) is 5.68. The van der Waals surface area contributed by atoms with Crippen molar-refractivity contribution in [2.45, 2.75) is 30.7 Å². The molecule has 4 rings (SSSR count). The van der Waals surface area contributed by atoms with E-state index in [0.29, 0.717) is 29.4 Å². The van der Waals surface area contributed by atoms with Gasteiger partial charge in [0.15, 0.2) is 11.5 Å². The molecule has 0 unspecified atom stereocenters. The smallest absolute Gasteiger partial charge is 0.258 e. The van der Waals surface area contributed by atoms with Gasteiger partial charge in [-0.25, -0.2) is 13.8 Å². The number of carbonyl (C=O) groups is 1.